The Kier molecular flexibility index (Phi) is 5.73. The Morgan fingerprint density at radius 2 is 2.00 bits per heavy atom. The Bertz CT molecular complexity index is 1260. The number of amides is 1. The molecule has 164 valence electrons. The maximum atomic E-state index is 13.2. The Balaban J connectivity index is 1.34. The average Bonchev–Trinajstić information content (AvgIpc) is 3.51. The molecule has 1 aliphatic heterocycles. The van der Waals surface area contributed by atoms with Crippen molar-refractivity contribution in [3.8, 4) is 5.69 Å². The molecule has 1 fully saturated rings. The second kappa shape index (κ2) is 8.67. The summed E-state index contributed by atoms with van der Waals surface area (Å²) >= 11 is 3.15. The number of para-hydroxylation sites is 1. The highest BCUT2D eigenvalue weighted by Crippen LogP contribution is 2.37. The number of thioether (sulfide) groups is 1. The van der Waals surface area contributed by atoms with Crippen LogP contribution >= 0.6 is 23.1 Å². The van der Waals surface area contributed by atoms with Gasteiger partial charge in [0.05, 0.1) is 27.7 Å². The van der Waals surface area contributed by atoms with Gasteiger partial charge in [-0.3, -0.25) is 9.36 Å². The first-order chi connectivity index (χ1) is 15.5. The number of thiazole rings is 1. The zero-order chi connectivity index (χ0) is 22.2. The summed E-state index contributed by atoms with van der Waals surface area (Å²) in [4.78, 5) is 20.0. The second-order valence-electron chi connectivity index (χ2n) is 8.21. The van der Waals surface area contributed by atoms with Crippen LogP contribution in [0.2, 0.25) is 0 Å². The van der Waals surface area contributed by atoms with Crippen molar-refractivity contribution in [2.45, 2.75) is 44.8 Å². The molecule has 1 amide bonds. The third-order valence-corrected chi connectivity index (χ3v) is 7.95. The molecule has 0 bridgehead atoms. The van der Waals surface area contributed by atoms with E-state index in [4.69, 9.17) is 4.98 Å². The van der Waals surface area contributed by atoms with E-state index in [9.17, 15) is 4.79 Å². The lowest BCUT2D eigenvalue weighted by atomic mass is 10.1. The molecule has 6 nitrogen and oxygen atoms in total. The summed E-state index contributed by atoms with van der Waals surface area (Å²) in [5.74, 6) is 1.29. The Morgan fingerprint density at radius 1 is 1.16 bits per heavy atom. The summed E-state index contributed by atoms with van der Waals surface area (Å²) < 4.78 is 3.23. The molecule has 2 aromatic heterocycles. The van der Waals surface area contributed by atoms with Gasteiger partial charge in [0.1, 0.15) is 10.8 Å². The SMILES string of the molecule is Cc1ccc(C)c(-n2c(C)nnc2SCC(=O)N2CCCC2c2nc3ccccc3s2)c1. The monoisotopic (exact) mass is 463 g/mol. The van der Waals surface area contributed by atoms with E-state index in [2.05, 4.69) is 52.9 Å². The van der Waals surface area contributed by atoms with E-state index in [0.717, 1.165) is 52.1 Å². The smallest absolute Gasteiger partial charge is 0.233 e. The van der Waals surface area contributed by atoms with Crippen LogP contribution in [0, 0.1) is 20.8 Å². The predicted molar refractivity (Wildman–Crippen MR) is 130 cm³/mol. The van der Waals surface area contributed by atoms with Crippen LogP contribution in [-0.4, -0.2) is 42.9 Å². The average molecular weight is 464 g/mol. The van der Waals surface area contributed by atoms with Gasteiger partial charge in [-0.1, -0.05) is 36.0 Å². The van der Waals surface area contributed by atoms with Crippen LogP contribution < -0.4 is 0 Å². The number of aryl methyl sites for hydroxylation is 3. The fourth-order valence-corrected chi connectivity index (χ4v) is 6.23. The zero-order valence-corrected chi connectivity index (χ0v) is 20.0. The first kappa shape index (κ1) is 21.2. The second-order valence-corrected chi connectivity index (χ2v) is 10.2. The van der Waals surface area contributed by atoms with Gasteiger partial charge in [-0.15, -0.1) is 21.5 Å². The van der Waals surface area contributed by atoms with Gasteiger partial charge >= 0.3 is 0 Å². The largest absolute Gasteiger partial charge is 0.332 e. The number of nitrogens with zero attached hydrogens (tertiary/aromatic N) is 5. The van der Waals surface area contributed by atoms with E-state index >= 15 is 0 Å². The Morgan fingerprint density at radius 3 is 2.84 bits per heavy atom. The minimum atomic E-state index is 0.0686. The van der Waals surface area contributed by atoms with Gasteiger partial charge in [0, 0.05) is 6.54 Å². The molecule has 3 heterocycles. The van der Waals surface area contributed by atoms with Crippen LogP contribution in [0.5, 0.6) is 0 Å². The molecule has 32 heavy (non-hydrogen) atoms. The van der Waals surface area contributed by atoms with Crippen molar-refractivity contribution >= 4 is 39.2 Å². The van der Waals surface area contributed by atoms with Gasteiger partial charge in [0.15, 0.2) is 5.16 Å². The highest BCUT2D eigenvalue weighted by atomic mass is 32.2. The molecule has 2 aromatic carbocycles. The van der Waals surface area contributed by atoms with Crippen molar-refractivity contribution in [1.82, 2.24) is 24.6 Å². The molecule has 0 radical (unpaired) electrons. The summed E-state index contributed by atoms with van der Waals surface area (Å²) in [7, 11) is 0. The lowest BCUT2D eigenvalue weighted by Crippen LogP contribution is -2.32. The van der Waals surface area contributed by atoms with Crippen LogP contribution in [-0.2, 0) is 4.79 Å². The molecule has 1 saturated heterocycles. The Hall–Kier alpha value is -2.71. The molecule has 1 aliphatic rings. The molecule has 0 N–H and O–H groups in total. The van der Waals surface area contributed by atoms with Crippen molar-refractivity contribution in [3.63, 3.8) is 0 Å². The number of likely N-dealkylation sites (tertiary alicyclic amines) is 1. The number of carbonyl (C=O) groups excluding carboxylic acids is 1. The van der Waals surface area contributed by atoms with Gasteiger partial charge in [-0.2, -0.15) is 0 Å². The minimum Gasteiger partial charge on any atom is -0.332 e. The maximum Gasteiger partial charge on any atom is 0.233 e. The predicted octanol–water partition coefficient (Wildman–Crippen LogP) is 5.26. The van der Waals surface area contributed by atoms with E-state index in [-0.39, 0.29) is 11.9 Å². The van der Waals surface area contributed by atoms with Gasteiger partial charge in [0.2, 0.25) is 5.91 Å². The van der Waals surface area contributed by atoms with Gasteiger partial charge in [-0.25, -0.2) is 4.98 Å². The summed E-state index contributed by atoms with van der Waals surface area (Å²) in [6, 6.07) is 14.6. The third-order valence-electron chi connectivity index (χ3n) is 5.89. The van der Waals surface area contributed by atoms with Gasteiger partial charge in [0.25, 0.3) is 0 Å². The molecular weight excluding hydrogens is 438 g/mol. The molecule has 0 saturated carbocycles. The van der Waals surface area contributed by atoms with Crippen LogP contribution in [0.25, 0.3) is 15.9 Å². The first-order valence-corrected chi connectivity index (χ1v) is 12.6. The van der Waals surface area contributed by atoms with Crippen molar-refractivity contribution < 1.29 is 4.79 Å². The van der Waals surface area contributed by atoms with Gasteiger partial charge in [-0.05, 0) is 62.9 Å². The van der Waals surface area contributed by atoms with Gasteiger partial charge < -0.3 is 4.90 Å². The molecule has 1 unspecified atom stereocenters. The Labute approximate surface area is 195 Å². The number of carbonyl (C=O) groups is 1. The number of hydrogen-bond donors (Lipinski definition) is 0. The first-order valence-electron chi connectivity index (χ1n) is 10.8. The van der Waals surface area contributed by atoms with Crippen molar-refractivity contribution in [2.24, 2.45) is 0 Å². The van der Waals surface area contributed by atoms with Crippen molar-refractivity contribution in [2.75, 3.05) is 12.3 Å². The number of benzene rings is 2. The number of aromatic nitrogens is 4. The van der Waals surface area contributed by atoms with E-state index in [1.165, 1.54) is 22.0 Å². The quantitative estimate of drug-likeness (QED) is 0.378. The summed E-state index contributed by atoms with van der Waals surface area (Å²) in [6.45, 7) is 6.89. The number of fused-ring (bicyclic) bond motifs is 1. The van der Waals surface area contributed by atoms with Crippen LogP contribution in [0.1, 0.15) is 40.8 Å². The standard InChI is InChI=1S/C24H25N5OS2/c1-15-10-11-16(2)20(13-15)29-17(3)26-27-24(29)31-14-22(30)28-12-6-8-19(28)23-25-18-7-4-5-9-21(18)32-23/h4-5,7,9-11,13,19H,6,8,12,14H2,1-3H3. The van der Waals surface area contributed by atoms with E-state index in [1.807, 2.05) is 30.0 Å². The maximum absolute atomic E-state index is 13.2. The molecule has 5 rings (SSSR count). The minimum absolute atomic E-state index is 0.0686. The van der Waals surface area contributed by atoms with Crippen molar-refractivity contribution in [3.05, 3.63) is 64.4 Å². The lowest BCUT2D eigenvalue weighted by Gasteiger charge is -2.23. The normalized spacial score (nSPS) is 16.2. The summed E-state index contributed by atoms with van der Waals surface area (Å²) in [5, 5.41) is 10.4. The fourth-order valence-electron chi connectivity index (χ4n) is 4.24. The van der Waals surface area contributed by atoms with E-state index in [1.54, 1.807) is 11.3 Å². The van der Waals surface area contributed by atoms with Crippen LogP contribution in [0.15, 0.2) is 47.6 Å². The molecule has 0 spiro atoms. The molecule has 8 heteroatoms. The van der Waals surface area contributed by atoms with Crippen LogP contribution in [0.4, 0.5) is 0 Å². The van der Waals surface area contributed by atoms with Crippen LogP contribution in [0.3, 0.4) is 0 Å². The molecule has 0 aliphatic carbocycles. The van der Waals surface area contributed by atoms with Crippen molar-refractivity contribution in [1.29, 1.82) is 0 Å². The zero-order valence-electron chi connectivity index (χ0n) is 18.4. The highest BCUT2D eigenvalue weighted by molar-refractivity contribution is 7.99. The third kappa shape index (κ3) is 3.93. The molecule has 4 aromatic rings. The summed E-state index contributed by atoms with van der Waals surface area (Å²) in [5.41, 5.74) is 4.41. The fraction of sp³-hybridized carbons (Fsp3) is 0.333. The lowest BCUT2D eigenvalue weighted by molar-refractivity contribution is -0.129. The number of rotatable bonds is 5. The molecule has 1 atom stereocenters. The summed E-state index contributed by atoms with van der Waals surface area (Å²) in [6.07, 6.45) is 1.97. The topological polar surface area (TPSA) is 63.9 Å². The number of hydrogen-bond acceptors (Lipinski definition) is 6. The van der Waals surface area contributed by atoms with E-state index < -0.39 is 0 Å². The molecular formula is C24H25N5OS2. The van der Waals surface area contributed by atoms with E-state index in [0.29, 0.717) is 5.75 Å². The highest BCUT2D eigenvalue weighted by Gasteiger charge is 2.32.